The Morgan fingerprint density at radius 2 is 2.00 bits per heavy atom. The van der Waals surface area contributed by atoms with Gasteiger partial charge in [0.2, 0.25) is 0 Å². The van der Waals surface area contributed by atoms with E-state index >= 15 is 0 Å². The first-order valence-corrected chi connectivity index (χ1v) is 4.86. The molecule has 0 N–H and O–H groups in total. The summed E-state index contributed by atoms with van der Waals surface area (Å²) in [5, 5.41) is 8.76. The minimum absolute atomic E-state index is 0.113. The monoisotopic (exact) mass is 168 g/mol. The van der Waals surface area contributed by atoms with Crippen molar-refractivity contribution in [3.63, 3.8) is 0 Å². The maximum absolute atomic E-state index is 8.76. The molecular formula is C10H20N2. The molecule has 0 aliphatic rings. The second kappa shape index (κ2) is 7.12. The molecule has 0 bridgehead atoms. The van der Waals surface area contributed by atoms with E-state index in [0.29, 0.717) is 0 Å². The maximum atomic E-state index is 8.76. The number of hydrogen-bond donors (Lipinski definition) is 0. The smallest absolute Gasteiger partial charge is 0.0972 e. The molecule has 0 radical (unpaired) electrons. The van der Waals surface area contributed by atoms with Crippen LogP contribution in [0.1, 0.15) is 39.5 Å². The highest BCUT2D eigenvalue weighted by molar-refractivity contribution is 4.89. The average molecular weight is 168 g/mol. The molecule has 0 aliphatic carbocycles. The maximum Gasteiger partial charge on any atom is 0.0972 e. The van der Waals surface area contributed by atoms with Crippen LogP contribution in [0.15, 0.2) is 0 Å². The van der Waals surface area contributed by atoms with Gasteiger partial charge in [0.25, 0.3) is 0 Å². The summed E-state index contributed by atoms with van der Waals surface area (Å²) in [6.07, 6.45) is 4.66. The van der Waals surface area contributed by atoms with Crippen molar-refractivity contribution in [1.82, 2.24) is 4.90 Å². The van der Waals surface area contributed by atoms with Crippen LogP contribution in [0.3, 0.4) is 0 Å². The summed E-state index contributed by atoms with van der Waals surface area (Å²) in [6, 6.07) is 2.42. The summed E-state index contributed by atoms with van der Waals surface area (Å²) < 4.78 is 0. The summed E-state index contributed by atoms with van der Waals surface area (Å²) in [7, 11) is 2.03. The lowest BCUT2D eigenvalue weighted by Gasteiger charge is -2.20. The van der Waals surface area contributed by atoms with Crippen molar-refractivity contribution >= 4 is 0 Å². The van der Waals surface area contributed by atoms with Crippen molar-refractivity contribution < 1.29 is 0 Å². The molecule has 0 spiro atoms. The lowest BCUT2D eigenvalue weighted by atomic mass is 10.2. The van der Waals surface area contributed by atoms with E-state index < -0.39 is 0 Å². The zero-order valence-electron chi connectivity index (χ0n) is 8.51. The fraction of sp³-hybridized carbons (Fsp3) is 0.900. The van der Waals surface area contributed by atoms with Crippen LogP contribution in [0.5, 0.6) is 0 Å². The lowest BCUT2D eigenvalue weighted by Crippen LogP contribution is -2.30. The Kier molecular flexibility index (Phi) is 6.79. The van der Waals surface area contributed by atoms with Gasteiger partial charge in [-0.25, -0.2) is 0 Å². The van der Waals surface area contributed by atoms with Crippen LogP contribution in [0, 0.1) is 11.3 Å². The van der Waals surface area contributed by atoms with Gasteiger partial charge in [0.15, 0.2) is 0 Å². The van der Waals surface area contributed by atoms with Gasteiger partial charge in [-0.2, -0.15) is 5.26 Å². The Labute approximate surface area is 76.2 Å². The van der Waals surface area contributed by atoms with E-state index in [1.807, 2.05) is 7.05 Å². The molecule has 1 atom stereocenters. The largest absolute Gasteiger partial charge is 0.291 e. The Balaban J connectivity index is 3.56. The molecule has 0 heterocycles. The summed E-state index contributed by atoms with van der Waals surface area (Å²) in [5.74, 6) is 0. The van der Waals surface area contributed by atoms with Crippen LogP contribution in [-0.2, 0) is 0 Å². The van der Waals surface area contributed by atoms with E-state index in [4.69, 9.17) is 5.26 Å². The van der Waals surface area contributed by atoms with Crippen molar-refractivity contribution in [3.8, 4) is 6.07 Å². The minimum atomic E-state index is 0.113. The first kappa shape index (κ1) is 11.4. The Bertz CT molecular complexity index is 137. The summed E-state index contributed by atoms with van der Waals surface area (Å²) >= 11 is 0. The molecule has 0 rings (SSSR count). The van der Waals surface area contributed by atoms with Gasteiger partial charge in [0.05, 0.1) is 12.1 Å². The number of nitrogens with zero attached hydrogens (tertiary/aromatic N) is 2. The van der Waals surface area contributed by atoms with Crippen LogP contribution in [0.4, 0.5) is 0 Å². The normalized spacial score (nSPS) is 12.9. The standard InChI is InChI=1S/C10H20N2/c1-4-6-7-8-12(3)10(5-2)9-11/h10H,4-8H2,1-3H3. The number of unbranched alkanes of at least 4 members (excludes halogenated alkanes) is 2. The fourth-order valence-electron chi connectivity index (χ4n) is 1.27. The molecule has 0 aromatic heterocycles. The van der Waals surface area contributed by atoms with E-state index in [1.54, 1.807) is 0 Å². The van der Waals surface area contributed by atoms with E-state index in [-0.39, 0.29) is 6.04 Å². The Morgan fingerprint density at radius 1 is 1.33 bits per heavy atom. The van der Waals surface area contributed by atoms with Gasteiger partial charge in [-0.05, 0) is 26.4 Å². The highest BCUT2D eigenvalue weighted by Crippen LogP contribution is 2.03. The van der Waals surface area contributed by atoms with E-state index in [2.05, 4.69) is 24.8 Å². The van der Waals surface area contributed by atoms with Gasteiger partial charge < -0.3 is 0 Å². The molecule has 0 aliphatic heterocycles. The van der Waals surface area contributed by atoms with Gasteiger partial charge in [0.1, 0.15) is 0 Å². The van der Waals surface area contributed by atoms with Crippen LogP contribution in [0.2, 0.25) is 0 Å². The topological polar surface area (TPSA) is 27.0 Å². The average Bonchev–Trinajstić information content (AvgIpc) is 2.07. The minimum Gasteiger partial charge on any atom is -0.291 e. The van der Waals surface area contributed by atoms with E-state index in [9.17, 15) is 0 Å². The molecular weight excluding hydrogens is 148 g/mol. The van der Waals surface area contributed by atoms with Crippen molar-refractivity contribution in [2.24, 2.45) is 0 Å². The second-order valence-corrected chi connectivity index (χ2v) is 3.24. The predicted molar refractivity (Wildman–Crippen MR) is 51.8 cm³/mol. The zero-order chi connectivity index (χ0) is 9.40. The summed E-state index contributed by atoms with van der Waals surface area (Å²) in [5.41, 5.74) is 0. The van der Waals surface area contributed by atoms with Gasteiger partial charge in [0, 0.05) is 0 Å². The molecule has 0 fully saturated rings. The van der Waals surface area contributed by atoms with Gasteiger partial charge >= 0.3 is 0 Å². The number of rotatable bonds is 6. The molecule has 2 heteroatoms. The third kappa shape index (κ3) is 4.35. The van der Waals surface area contributed by atoms with Crippen molar-refractivity contribution in [2.75, 3.05) is 13.6 Å². The molecule has 0 aromatic carbocycles. The molecule has 12 heavy (non-hydrogen) atoms. The van der Waals surface area contributed by atoms with E-state index in [0.717, 1.165) is 13.0 Å². The molecule has 0 aromatic rings. The lowest BCUT2D eigenvalue weighted by molar-refractivity contribution is 0.275. The SMILES string of the molecule is CCCCCN(C)C(C#N)CC. The third-order valence-electron chi connectivity index (χ3n) is 2.18. The Hall–Kier alpha value is -0.550. The molecule has 1 unspecified atom stereocenters. The molecule has 2 nitrogen and oxygen atoms in total. The van der Waals surface area contributed by atoms with Crippen LogP contribution >= 0.6 is 0 Å². The first-order chi connectivity index (χ1) is 5.76. The van der Waals surface area contributed by atoms with Crippen molar-refractivity contribution in [1.29, 1.82) is 5.26 Å². The molecule has 0 saturated heterocycles. The zero-order valence-corrected chi connectivity index (χ0v) is 8.51. The first-order valence-electron chi connectivity index (χ1n) is 4.86. The third-order valence-corrected chi connectivity index (χ3v) is 2.18. The number of nitriles is 1. The van der Waals surface area contributed by atoms with Crippen molar-refractivity contribution in [2.45, 2.75) is 45.6 Å². The molecule has 70 valence electrons. The second-order valence-electron chi connectivity index (χ2n) is 3.24. The van der Waals surface area contributed by atoms with Crippen molar-refractivity contribution in [3.05, 3.63) is 0 Å². The number of hydrogen-bond acceptors (Lipinski definition) is 2. The van der Waals surface area contributed by atoms with Crippen LogP contribution in [-0.4, -0.2) is 24.5 Å². The highest BCUT2D eigenvalue weighted by Gasteiger charge is 2.09. The fourth-order valence-corrected chi connectivity index (χ4v) is 1.27. The van der Waals surface area contributed by atoms with Crippen LogP contribution in [0.25, 0.3) is 0 Å². The van der Waals surface area contributed by atoms with Gasteiger partial charge in [-0.1, -0.05) is 26.7 Å². The predicted octanol–water partition coefficient (Wildman–Crippen LogP) is 2.41. The van der Waals surface area contributed by atoms with Gasteiger partial charge in [-0.15, -0.1) is 0 Å². The van der Waals surface area contributed by atoms with Crippen LogP contribution < -0.4 is 0 Å². The van der Waals surface area contributed by atoms with Gasteiger partial charge in [-0.3, -0.25) is 4.90 Å². The summed E-state index contributed by atoms with van der Waals surface area (Å²) in [4.78, 5) is 2.15. The highest BCUT2D eigenvalue weighted by atomic mass is 15.1. The summed E-state index contributed by atoms with van der Waals surface area (Å²) in [6.45, 7) is 5.31. The Morgan fingerprint density at radius 3 is 2.42 bits per heavy atom. The van der Waals surface area contributed by atoms with E-state index in [1.165, 1.54) is 19.3 Å². The molecule has 0 amide bonds. The quantitative estimate of drug-likeness (QED) is 0.569. The molecule has 0 saturated carbocycles.